The maximum atomic E-state index is 7.11. The molecule has 0 aromatic carbocycles. The second-order valence-corrected chi connectivity index (χ2v) is 2.56. The van der Waals surface area contributed by atoms with Gasteiger partial charge in [-0.05, 0) is 12.3 Å². The lowest BCUT2D eigenvalue weighted by Crippen LogP contribution is -2.00. The first-order chi connectivity index (χ1) is 4.16. The predicted octanol–water partition coefficient (Wildman–Crippen LogP) is 2.05. The number of nitrogens with one attached hydrogen (secondary N) is 1. The maximum Gasteiger partial charge on any atom is 0.180 e. The molecule has 0 saturated carbocycles. The predicted molar refractivity (Wildman–Crippen MR) is 38.8 cm³/mol. The van der Waals surface area contributed by atoms with E-state index in [2.05, 4.69) is 18.6 Å². The second kappa shape index (κ2) is 4.36. The molecule has 9 heavy (non-hydrogen) atoms. The van der Waals surface area contributed by atoms with E-state index in [4.69, 9.17) is 5.41 Å². The van der Waals surface area contributed by atoms with Crippen molar-refractivity contribution in [2.24, 2.45) is 5.92 Å². The van der Waals surface area contributed by atoms with E-state index < -0.39 is 0 Å². The monoisotopic (exact) mass is 129 g/mol. The van der Waals surface area contributed by atoms with Gasteiger partial charge in [0.15, 0.2) is 5.90 Å². The van der Waals surface area contributed by atoms with Gasteiger partial charge in [-0.3, -0.25) is 5.41 Å². The van der Waals surface area contributed by atoms with Crippen molar-refractivity contribution in [1.29, 1.82) is 5.41 Å². The molecule has 0 fully saturated rings. The highest BCUT2D eigenvalue weighted by Crippen LogP contribution is 2.03. The van der Waals surface area contributed by atoms with Crippen LogP contribution in [-0.4, -0.2) is 13.0 Å². The van der Waals surface area contributed by atoms with Crippen molar-refractivity contribution in [1.82, 2.24) is 0 Å². The van der Waals surface area contributed by atoms with E-state index in [1.54, 1.807) is 7.11 Å². The van der Waals surface area contributed by atoms with Gasteiger partial charge in [-0.1, -0.05) is 13.8 Å². The molecule has 0 aliphatic heterocycles. The molecule has 1 N–H and O–H groups in total. The Balaban J connectivity index is 3.17. The van der Waals surface area contributed by atoms with E-state index in [0.717, 1.165) is 12.8 Å². The Morgan fingerprint density at radius 1 is 1.56 bits per heavy atom. The SMILES string of the molecule is COC(=N)CCC(C)C. The van der Waals surface area contributed by atoms with E-state index in [1.807, 2.05) is 0 Å². The summed E-state index contributed by atoms with van der Waals surface area (Å²) in [4.78, 5) is 0. The third kappa shape index (κ3) is 5.34. The summed E-state index contributed by atoms with van der Waals surface area (Å²) in [5, 5.41) is 7.11. The van der Waals surface area contributed by atoms with Crippen molar-refractivity contribution in [3.63, 3.8) is 0 Å². The molecule has 0 atom stereocenters. The van der Waals surface area contributed by atoms with Crippen LogP contribution in [0.3, 0.4) is 0 Å². The fourth-order valence-electron chi connectivity index (χ4n) is 0.522. The Bertz CT molecular complexity index is 88.9. The summed E-state index contributed by atoms with van der Waals surface area (Å²) in [6, 6.07) is 0. The summed E-state index contributed by atoms with van der Waals surface area (Å²) in [5.41, 5.74) is 0. The molecule has 0 rings (SSSR count). The minimum absolute atomic E-state index is 0.392. The van der Waals surface area contributed by atoms with Crippen LogP contribution in [-0.2, 0) is 4.74 Å². The molecule has 0 bridgehead atoms. The average Bonchev–Trinajstić information content (AvgIpc) is 1.83. The molecule has 2 nitrogen and oxygen atoms in total. The van der Waals surface area contributed by atoms with E-state index >= 15 is 0 Å². The highest BCUT2D eigenvalue weighted by molar-refractivity contribution is 5.72. The van der Waals surface area contributed by atoms with Crippen LogP contribution < -0.4 is 0 Å². The molecular weight excluding hydrogens is 114 g/mol. The molecule has 0 saturated heterocycles. The fourth-order valence-corrected chi connectivity index (χ4v) is 0.522. The van der Waals surface area contributed by atoms with Crippen molar-refractivity contribution in [2.75, 3.05) is 7.11 Å². The standard InChI is InChI=1S/C7H15NO/c1-6(2)4-5-7(8)9-3/h6,8H,4-5H2,1-3H3. The summed E-state index contributed by atoms with van der Waals surface area (Å²) in [7, 11) is 1.54. The van der Waals surface area contributed by atoms with Gasteiger partial charge in [0.25, 0.3) is 0 Å². The zero-order chi connectivity index (χ0) is 7.28. The van der Waals surface area contributed by atoms with Crippen LogP contribution in [0.1, 0.15) is 26.7 Å². The molecule has 0 aromatic rings. The third-order valence-corrected chi connectivity index (χ3v) is 1.20. The molecule has 0 unspecified atom stereocenters. The molecule has 0 spiro atoms. The molecular formula is C7H15NO. The minimum Gasteiger partial charge on any atom is -0.484 e. The number of ether oxygens (including phenoxy) is 1. The van der Waals surface area contributed by atoms with Crippen molar-refractivity contribution in [2.45, 2.75) is 26.7 Å². The molecule has 0 aliphatic rings. The van der Waals surface area contributed by atoms with E-state index in [0.29, 0.717) is 11.8 Å². The van der Waals surface area contributed by atoms with Gasteiger partial charge in [-0.25, -0.2) is 0 Å². The Morgan fingerprint density at radius 3 is 2.44 bits per heavy atom. The van der Waals surface area contributed by atoms with E-state index in [1.165, 1.54) is 0 Å². The van der Waals surface area contributed by atoms with Gasteiger partial charge in [0.2, 0.25) is 0 Å². The zero-order valence-electron chi connectivity index (χ0n) is 6.40. The van der Waals surface area contributed by atoms with E-state index in [9.17, 15) is 0 Å². The Morgan fingerprint density at radius 2 is 2.11 bits per heavy atom. The lowest BCUT2D eigenvalue weighted by molar-refractivity contribution is 0.379. The van der Waals surface area contributed by atoms with Crippen LogP contribution in [0, 0.1) is 11.3 Å². The Labute approximate surface area is 56.7 Å². The molecule has 54 valence electrons. The summed E-state index contributed by atoms with van der Waals surface area (Å²) in [6.45, 7) is 4.28. The van der Waals surface area contributed by atoms with Crippen molar-refractivity contribution in [3.05, 3.63) is 0 Å². The lowest BCUT2D eigenvalue weighted by Gasteiger charge is -2.03. The van der Waals surface area contributed by atoms with Crippen LogP contribution in [0.25, 0.3) is 0 Å². The van der Waals surface area contributed by atoms with Gasteiger partial charge in [0.05, 0.1) is 7.11 Å². The van der Waals surface area contributed by atoms with Gasteiger partial charge >= 0.3 is 0 Å². The maximum absolute atomic E-state index is 7.11. The van der Waals surface area contributed by atoms with Crippen LogP contribution in [0.2, 0.25) is 0 Å². The number of rotatable bonds is 3. The first kappa shape index (κ1) is 8.47. The highest BCUT2D eigenvalue weighted by Gasteiger charge is 1.97. The van der Waals surface area contributed by atoms with Crippen LogP contribution in [0.15, 0.2) is 0 Å². The van der Waals surface area contributed by atoms with E-state index in [-0.39, 0.29) is 0 Å². The van der Waals surface area contributed by atoms with Crippen molar-refractivity contribution >= 4 is 5.90 Å². The average molecular weight is 129 g/mol. The number of methoxy groups -OCH3 is 1. The second-order valence-electron chi connectivity index (χ2n) is 2.56. The highest BCUT2D eigenvalue weighted by atomic mass is 16.5. The normalized spacial score (nSPS) is 9.78. The molecule has 0 amide bonds. The molecule has 0 heterocycles. The topological polar surface area (TPSA) is 33.1 Å². The van der Waals surface area contributed by atoms with Crippen LogP contribution >= 0.6 is 0 Å². The van der Waals surface area contributed by atoms with Gasteiger partial charge in [-0.15, -0.1) is 0 Å². The molecule has 0 radical (unpaired) electrons. The lowest BCUT2D eigenvalue weighted by atomic mass is 10.1. The third-order valence-electron chi connectivity index (χ3n) is 1.20. The minimum atomic E-state index is 0.392. The zero-order valence-corrected chi connectivity index (χ0v) is 6.40. The Kier molecular flexibility index (Phi) is 4.10. The smallest absolute Gasteiger partial charge is 0.180 e. The van der Waals surface area contributed by atoms with Gasteiger partial charge in [0, 0.05) is 6.42 Å². The largest absolute Gasteiger partial charge is 0.484 e. The molecule has 2 heteroatoms. The molecule has 0 aliphatic carbocycles. The van der Waals surface area contributed by atoms with Gasteiger partial charge in [-0.2, -0.15) is 0 Å². The first-order valence-corrected chi connectivity index (χ1v) is 3.28. The number of hydrogen-bond donors (Lipinski definition) is 1. The summed E-state index contributed by atoms with van der Waals surface area (Å²) >= 11 is 0. The van der Waals surface area contributed by atoms with Crippen LogP contribution in [0.4, 0.5) is 0 Å². The number of hydrogen-bond acceptors (Lipinski definition) is 2. The summed E-state index contributed by atoms with van der Waals surface area (Å²) < 4.78 is 4.68. The van der Waals surface area contributed by atoms with Gasteiger partial charge in [0.1, 0.15) is 0 Å². The van der Waals surface area contributed by atoms with Crippen molar-refractivity contribution < 1.29 is 4.74 Å². The Hall–Kier alpha value is -0.530. The molecule has 0 aromatic heterocycles. The van der Waals surface area contributed by atoms with Crippen molar-refractivity contribution in [3.8, 4) is 0 Å². The fraction of sp³-hybridized carbons (Fsp3) is 0.857. The summed E-state index contributed by atoms with van der Waals surface area (Å²) in [5.74, 6) is 1.06. The first-order valence-electron chi connectivity index (χ1n) is 3.28. The van der Waals surface area contributed by atoms with Gasteiger partial charge < -0.3 is 4.74 Å². The quantitative estimate of drug-likeness (QED) is 0.459. The van der Waals surface area contributed by atoms with Crippen LogP contribution in [0.5, 0.6) is 0 Å². The summed E-state index contributed by atoms with van der Waals surface area (Å²) in [6.07, 6.45) is 1.82.